The van der Waals surface area contributed by atoms with E-state index in [1.54, 1.807) is 0 Å². The first-order chi connectivity index (χ1) is 9.05. The third-order valence-electron chi connectivity index (χ3n) is 3.53. The molecule has 1 saturated heterocycles. The number of halogens is 2. The molecule has 20 heavy (non-hydrogen) atoms. The summed E-state index contributed by atoms with van der Waals surface area (Å²) in [5, 5.41) is 6.04. The van der Waals surface area contributed by atoms with Crippen LogP contribution in [0.5, 0.6) is 5.75 Å². The third-order valence-corrected chi connectivity index (χ3v) is 3.53. The van der Waals surface area contributed by atoms with E-state index < -0.39 is 11.4 Å². The van der Waals surface area contributed by atoms with Crippen molar-refractivity contribution in [2.24, 2.45) is 0 Å². The maximum Gasteiger partial charge on any atom is 0.244 e. The van der Waals surface area contributed by atoms with Gasteiger partial charge in [0.05, 0.1) is 12.6 Å². The van der Waals surface area contributed by atoms with Gasteiger partial charge in [0.1, 0.15) is 0 Å². The Morgan fingerprint density at radius 2 is 2.20 bits per heavy atom. The molecule has 6 heteroatoms. The Balaban J connectivity index is 0.00000200. The summed E-state index contributed by atoms with van der Waals surface area (Å²) < 4.78 is 18.2. The molecule has 1 aromatic rings. The van der Waals surface area contributed by atoms with Crippen molar-refractivity contribution in [2.45, 2.75) is 31.7 Å². The number of anilines is 1. The second-order valence-electron chi connectivity index (χ2n) is 5.02. The number of amides is 1. The van der Waals surface area contributed by atoms with Crippen LogP contribution in [0.2, 0.25) is 0 Å². The minimum atomic E-state index is -0.556. The van der Waals surface area contributed by atoms with Crippen LogP contribution < -0.4 is 15.4 Å². The molecule has 112 valence electrons. The fourth-order valence-electron chi connectivity index (χ4n) is 2.26. The van der Waals surface area contributed by atoms with Crippen LogP contribution in [0.4, 0.5) is 10.1 Å². The lowest BCUT2D eigenvalue weighted by molar-refractivity contribution is -0.122. The molecule has 1 aliphatic heterocycles. The summed E-state index contributed by atoms with van der Waals surface area (Å²) >= 11 is 0. The predicted molar refractivity (Wildman–Crippen MR) is 79.1 cm³/mol. The summed E-state index contributed by atoms with van der Waals surface area (Å²) in [7, 11) is 1.40. The summed E-state index contributed by atoms with van der Waals surface area (Å²) in [6.07, 6.45) is 2.92. The monoisotopic (exact) mass is 302 g/mol. The molecule has 0 aromatic heterocycles. The first kappa shape index (κ1) is 16.7. The third kappa shape index (κ3) is 3.61. The molecule has 1 heterocycles. The van der Waals surface area contributed by atoms with E-state index in [9.17, 15) is 9.18 Å². The van der Waals surface area contributed by atoms with Crippen LogP contribution in [0.15, 0.2) is 18.2 Å². The number of carbonyl (C=O) groups is 1. The topological polar surface area (TPSA) is 50.4 Å². The molecule has 0 aliphatic carbocycles. The minimum Gasteiger partial charge on any atom is -0.494 e. The van der Waals surface area contributed by atoms with Crippen molar-refractivity contribution < 1.29 is 13.9 Å². The van der Waals surface area contributed by atoms with Gasteiger partial charge < -0.3 is 15.4 Å². The van der Waals surface area contributed by atoms with E-state index in [4.69, 9.17) is 4.74 Å². The number of methoxy groups -OCH3 is 1. The maximum atomic E-state index is 13.3. The van der Waals surface area contributed by atoms with Crippen molar-refractivity contribution in [1.82, 2.24) is 5.32 Å². The Kier molecular flexibility index (Phi) is 5.77. The summed E-state index contributed by atoms with van der Waals surface area (Å²) in [6.45, 7) is 2.74. The van der Waals surface area contributed by atoms with E-state index in [0.29, 0.717) is 5.69 Å². The van der Waals surface area contributed by atoms with Crippen LogP contribution >= 0.6 is 12.4 Å². The molecular formula is C14H20ClFN2O2. The van der Waals surface area contributed by atoms with Crippen molar-refractivity contribution >= 4 is 24.0 Å². The molecule has 1 aliphatic rings. The summed E-state index contributed by atoms with van der Waals surface area (Å²) in [5.74, 6) is -0.414. The van der Waals surface area contributed by atoms with Gasteiger partial charge in [0.15, 0.2) is 11.6 Å². The first-order valence-corrected chi connectivity index (χ1v) is 6.45. The Morgan fingerprint density at radius 3 is 2.80 bits per heavy atom. The van der Waals surface area contributed by atoms with Gasteiger partial charge in [-0.2, -0.15) is 0 Å². The normalized spacial score (nSPS) is 21.8. The lowest BCUT2D eigenvalue weighted by Crippen LogP contribution is -2.54. The van der Waals surface area contributed by atoms with E-state index in [0.717, 1.165) is 25.8 Å². The van der Waals surface area contributed by atoms with E-state index in [1.807, 2.05) is 6.92 Å². The van der Waals surface area contributed by atoms with E-state index >= 15 is 0 Å². The van der Waals surface area contributed by atoms with Gasteiger partial charge in [-0.05, 0) is 44.9 Å². The zero-order valence-electron chi connectivity index (χ0n) is 11.7. The molecule has 1 amide bonds. The van der Waals surface area contributed by atoms with Gasteiger partial charge in [0.25, 0.3) is 0 Å². The molecule has 0 bridgehead atoms. The number of benzene rings is 1. The molecule has 1 aromatic carbocycles. The molecular weight excluding hydrogens is 283 g/mol. The Labute approximate surface area is 124 Å². The van der Waals surface area contributed by atoms with Crippen molar-refractivity contribution in [2.75, 3.05) is 19.0 Å². The number of carbonyl (C=O) groups excluding carboxylic acids is 1. The van der Waals surface area contributed by atoms with Gasteiger partial charge in [-0.15, -0.1) is 12.4 Å². The molecule has 1 atom stereocenters. The summed E-state index contributed by atoms with van der Waals surface area (Å²) in [6, 6.07) is 4.30. The molecule has 0 spiro atoms. The smallest absolute Gasteiger partial charge is 0.244 e. The molecule has 0 radical (unpaired) electrons. The van der Waals surface area contributed by atoms with Gasteiger partial charge in [0, 0.05) is 11.8 Å². The lowest BCUT2D eigenvalue weighted by Gasteiger charge is -2.33. The van der Waals surface area contributed by atoms with Gasteiger partial charge in [0.2, 0.25) is 5.91 Å². The van der Waals surface area contributed by atoms with Gasteiger partial charge in [-0.3, -0.25) is 4.79 Å². The molecule has 2 rings (SSSR count). The van der Waals surface area contributed by atoms with Crippen LogP contribution in [0.3, 0.4) is 0 Å². The summed E-state index contributed by atoms with van der Waals surface area (Å²) in [5.41, 5.74) is -0.0169. The maximum absolute atomic E-state index is 13.3. The largest absolute Gasteiger partial charge is 0.494 e. The van der Waals surface area contributed by atoms with Gasteiger partial charge >= 0.3 is 0 Å². The fraction of sp³-hybridized carbons (Fsp3) is 0.500. The molecule has 4 nitrogen and oxygen atoms in total. The first-order valence-electron chi connectivity index (χ1n) is 6.45. The minimum absolute atomic E-state index is 0. The molecule has 2 N–H and O–H groups in total. The highest BCUT2D eigenvalue weighted by Gasteiger charge is 2.34. The standard InChI is InChI=1S/C14H19FN2O2.ClH/c1-14(7-3-4-8-16-14)13(18)17-10-5-6-11(15)12(9-10)19-2;/h5-6,9,16H,3-4,7-8H2,1-2H3,(H,17,18);1H. The number of piperidine rings is 1. The zero-order valence-corrected chi connectivity index (χ0v) is 12.5. The van der Waals surface area contributed by atoms with Crippen molar-refractivity contribution in [3.05, 3.63) is 24.0 Å². The van der Waals surface area contributed by atoms with Crippen LogP contribution in [-0.2, 0) is 4.79 Å². The highest BCUT2D eigenvalue weighted by Crippen LogP contribution is 2.24. The number of rotatable bonds is 3. The number of nitrogens with one attached hydrogen (secondary N) is 2. The Bertz CT molecular complexity index is 476. The fourth-order valence-corrected chi connectivity index (χ4v) is 2.26. The second kappa shape index (κ2) is 6.90. The second-order valence-corrected chi connectivity index (χ2v) is 5.02. The van der Waals surface area contributed by atoms with Gasteiger partial charge in [-0.25, -0.2) is 4.39 Å². The SMILES string of the molecule is COc1cc(NC(=O)C2(C)CCCCN2)ccc1F.Cl. The van der Waals surface area contributed by atoms with Crippen molar-refractivity contribution in [1.29, 1.82) is 0 Å². The van der Waals surface area contributed by atoms with E-state index in [-0.39, 0.29) is 24.1 Å². The Morgan fingerprint density at radius 1 is 1.45 bits per heavy atom. The van der Waals surface area contributed by atoms with E-state index in [2.05, 4.69) is 10.6 Å². The highest BCUT2D eigenvalue weighted by atomic mass is 35.5. The number of ether oxygens (including phenoxy) is 1. The average Bonchev–Trinajstić information content (AvgIpc) is 2.41. The number of hydrogen-bond donors (Lipinski definition) is 2. The van der Waals surface area contributed by atoms with Crippen molar-refractivity contribution in [3.8, 4) is 5.75 Å². The predicted octanol–water partition coefficient (Wildman–Crippen LogP) is 2.73. The van der Waals surface area contributed by atoms with Crippen LogP contribution in [0.1, 0.15) is 26.2 Å². The molecule has 1 unspecified atom stereocenters. The number of hydrogen-bond acceptors (Lipinski definition) is 3. The summed E-state index contributed by atoms with van der Waals surface area (Å²) in [4.78, 5) is 12.3. The van der Waals surface area contributed by atoms with Crippen LogP contribution in [0.25, 0.3) is 0 Å². The van der Waals surface area contributed by atoms with Crippen LogP contribution in [-0.4, -0.2) is 25.1 Å². The molecule has 1 fully saturated rings. The molecule has 0 saturated carbocycles. The quantitative estimate of drug-likeness (QED) is 0.902. The zero-order chi connectivity index (χ0) is 13.9. The van der Waals surface area contributed by atoms with Crippen LogP contribution in [0, 0.1) is 5.82 Å². The average molecular weight is 303 g/mol. The Hall–Kier alpha value is -1.33. The van der Waals surface area contributed by atoms with Crippen molar-refractivity contribution in [3.63, 3.8) is 0 Å². The lowest BCUT2D eigenvalue weighted by atomic mass is 9.90. The highest BCUT2D eigenvalue weighted by molar-refractivity contribution is 5.98. The van der Waals surface area contributed by atoms with Gasteiger partial charge in [-0.1, -0.05) is 0 Å². The van der Waals surface area contributed by atoms with E-state index in [1.165, 1.54) is 25.3 Å².